The minimum atomic E-state index is -0.922. The number of halogens is 1. The number of fused-ring (bicyclic) bond motifs is 3. The van der Waals surface area contributed by atoms with Crippen molar-refractivity contribution in [2.24, 2.45) is 5.92 Å². The zero-order chi connectivity index (χ0) is 23.2. The molecule has 4 heterocycles. The number of anilines is 1. The van der Waals surface area contributed by atoms with E-state index in [1.54, 1.807) is 0 Å². The number of aromatic nitrogens is 5. The van der Waals surface area contributed by atoms with Crippen molar-refractivity contribution in [2.75, 3.05) is 11.4 Å². The van der Waals surface area contributed by atoms with Gasteiger partial charge in [0, 0.05) is 34.8 Å². The molecule has 3 atom stereocenters. The Morgan fingerprint density at radius 1 is 1.06 bits per heavy atom. The third kappa shape index (κ3) is 2.83. The molecule has 2 aliphatic carbocycles. The Labute approximate surface area is 203 Å². The minimum absolute atomic E-state index is 0.0374. The highest BCUT2D eigenvalue weighted by molar-refractivity contribution is 6.34. The Morgan fingerprint density at radius 2 is 1.91 bits per heavy atom. The Kier molecular flexibility index (Phi) is 4.25. The molecule has 3 aliphatic rings. The predicted molar refractivity (Wildman–Crippen MR) is 132 cm³/mol. The van der Waals surface area contributed by atoms with Crippen molar-refractivity contribution in [3.05, 3.63) is 64.8 Å². The summed E-state index contributed by atoms with van der Waals surface area (Å²) in [5.74, 6) is 0.147. The molecular weight excluding hydrogens is 448 g/mol. The molecule has 3 fully saturated rings. The van der Waals surface area contributed by atoms with Crippen molar-refractivity contribution < 1.29 is 5.11 Å². The molecule has 2 saturated carbocycles. The zero-order valence-corrected chi connectivity index (χ0v) is 20.1. The molecule has 0 radical (unpaired) electrons. The maximum absolute atomic E-state index is 12.1. The third-order valence-corrected chi connectivity index (χ3v) is 8.37. The highest BCUT2D eigenvalue weighted by Gasteiger charge is 2.59. The van der Waals surface area contributed by atoms with Gasteiger partial charge in [0.05, 0.1) is 46.9 Å². The van der Waals surface area contributed by atoms with Crippen LogP contribution >= 0.6 is 11.6 Å². The first-order valence-corrected chi connectivity index (χ1v) is 12.5. The maximum Gasteiger partial charge on any atom is 0.116 e. The molecule has 1 unspecified atom stereocenters. The normalized spacial score (nSPS) is 26.2. The lowest BCUT2D eigenvalue weighted by Gasteiger charge is -2.34. The molecule has 0 spiro atoms. The molecule has 1 aromatic carbocycles. The van der Waals surface area contributed by atoms with Crippen LogP contribution < -0.4 is 4.90 Å². The quantitative estimate of drug-likeness (QED) is 0.464. The van der Waals surface area contributed by atoms with Crippen molar-refractivity contribution in [3.8, 4) is 5.69 Å². The largest absolute Gasteiger partial charge is 0.383 e. The van der Waals surface area contributed by atoms with Gasteiger partial charge in [-0.2, -0.15) is 10.2 Å². The van der Waals surface area contributed by atoms with E-state index in [9.17, 15) is 5.11 Å². The first-order valence-electron chi connectivity index (χ1n) is 12.1. The average Bonchev–Trinajstić information content (AvgIpc) is 3.15. The number of nitrogens with zero attached hydrogens (tertiary/aromatic N) is 6. The predicted octanol–water partition coefficient (Wildman–Crippen LogP) is 4.71. The van der Waals surface area contributed by atoms with Crippen molar-refractivity contribution in [3.63, 3.8) is 0 Å². The van der Waals surface area contributed by atoms with Crippen LogP contribution in [0.25, 0.3) is 16.6 Å². The molecule has 8 heteroatoms. The lowest BCUT2D eigenvalue weighted by molar-refractivity contribution is 0.0131. The second-order valence-electron chi connectivity index (χ2n) is 10.2. The van der Waals surface area contributed by atoms with Crippen LogP contribution in [0.5, 0.6) is 0 Å². The van der Waals surface area contributed by atoms with Gasteiger partial charge in [-0.1, -0.05) is 17.7 Å². The van der Waals surface area contributed by atoms with Gasteiger partial charge < -0.3 is 10.0 Å². The summed E-state index contributed by atoms with van der Waals surface area (Å²) in [5, 5.41) is 22.9. The minimum Gasteiger partial charge on any atom is -0.383 e. The van der Waals surface area contributed by atoms with Gasteiger partial charge in [-0.3, -0.25) is 9.67 Å². The summed E-state index contributed by atoms with van der Waals surface area (Å²) in [4.78, 5) is 6.95. The maximum atomic E-state index is 12.1. The Balaban J connectivity index is 1.30. The van der Waals surface area contributed by atoms with Crippen molar-refractivity contribution in [1.29, 1.82) is 0 Å². The molecule has 1 N–H and O–H groups in total. The van der Waals surface area contributed by atoms with Gasteiger partial charge in [-0.25, -0.2) is 4.68 Å². The van der Waals surface area contributed by atoms with Crippen molar-refractivity contribution >= 4 is 28.2 Å². The lowest BCUT2D eigenvalue weighted by Crippen LogP contribution is -2.41. The topological polar surface area (TPSA) is 72.0 Å². The number of pyridine rings is 1. The number of hydrogen-bond acceptors (Lipinski definition) is 5. The first kappa shape index (κ1) is 20.5. The molecule has 0 amide bonds. The van der Waals surface area contributed by atoms with Crippen LogP contribution in [0, 0.1) is 19.8 Å². The fourth-order valence-electron chi connectivity index (χ4n) is 6.27. The highest BCUT2D eigenvalue weighted by atomic mass is 35.5. The zero-order valence-electron chi connectivity index (χ0n) is 19.3. The number of aliphatic hydroxyl groups is 1. The van der Waals surface area contributed by atoms with E-state index in [1.807, 2.05) is 47.7 Å². The number of hydrogen-bond donors (Lipinski definition) is 1. The smallest absolute Gasteiger partial charge is 0.116 e. The second-order valence-corrected chi connectivity index (χ2v) is 10.6. The van der Waals surface area contributed by atoms with Gasteiger partial charge in [-0.05, 0) is 57.7 Å². The molecular formula is C26H27ClN6O. The summed E-state index contributed by atoms with van der Waals surface area (Å²) in [5.41, 5.74) is 4.81. The van der Waals surface area contributed by atoms with Crippen LogP contribution in [-0.2, 0) is 5.60 Å². The fourth-order valence-corrected chi connectivity index (χ4v) is 6.55. The van der Waals surface area contributed by atoms with E-state index in [-0.39, 0.29) is 12.0 Å². The van der Waals surface area contributed by atoms with Crippen LogP contribution in [0.2, 0.25) is 5.02 Å². The van der Waals surface area contributed by atoms with Crippen molar-refractivity contribution in [2.45, 2.75) is 57.2 Å². The average molecular weight is 475 g/mol. The third-order valence-electron chi connectivity index (χ3n) is 8.07. The molecule has 1 aliphatic heterocycles. The van der Waals surface area contributed by atoms with Gasteiger partial charge in [0.15, 0.2) is 0 Å². The fraction of sp³-hybridized carbons (Fsp3) is 0.423. The Morgan fingerprint density at radius 3 is 2.71 bits per heavy atom. The van der Waals surface area contributed by atoms with E-state index in [0.717, 1.165) is 58.6 Å². The molecule has 4 aromatic rings. The summed E-state index contributed by atoms with van der Waals surface area (Å²) in [6, 6.07) is 8.67. The monoisotopic (exact) mass is 474 g/mol. The van der Waals surface area contributed by atoms with E-state index in [0.29, 0.717) is 11.1 Å². The number of rotatable bonds is 4. The molecule has 34 heavy (non-hydrogen) atoms. The lowest BCUT2D eigenvalue weighted by atomic mass is 9.84. The molecule has 2 bridgehead atoms. The summed E-state index contributed by atoms with van der Waals surface area (Å²) in [7, 11) is 0. The van der Waals surface area contributed by atoms with E-state index >= 15 is 0 Å². The van der Waals surface area contributed by atoms with Crippen LogP contribution in [0.15, 0.2) is 42.9 Å². The van der Waals surface area contributed by atoms with Gasteiger partial charge in [0.1, 0.15) is 11.3 Å². The molecule has 7 rings (SSSR count). The summed E-state index contributed by atoms with van der Waals surface area (Å²) in [6.45, 7) is 4.76. The molecule has 7 nitrogen and oxygen atoms in total. The van der Waals surface area contributed by atoms with E-state index < -0.39 is 5.60 Å². The van der Waals surface area contributed by atoms with Crippen LogP contribution in [0.3, 0.4) is 0 Å². The van der Waals surface area contributed by atoms with E-state index in [4.69, 9.17) is 11.6 Å². The molecule has 3 aromatic heterocycles. The van der Waals surface area contributed by atoms with Gasteiger partial charge in [0.2, 0.25) is 0 Å². The van der Waals surface area contributed by atoms with E-state index in [1.165, 1.54) is 12.8 Å². The van der Waals surface area contributed by atoms with Gasteiger partial charge in [0.25, 0.3) is 0 Å². The van der Waals surface area contributed by atoms with Gasteiger partial charge in [-0.15, -0.1) is 0 Å². The Hall–Kier alpha value is -2.90. The summed E-state index contributed by atoms with van der Waals surface area (Å²) < 4.78 is 3.98. The van der Waals surface area contributed by atoms with E-state index in [2.05, 4.69) is 38.4 Å². The SMILES string of the molecule is Cc1ccc(C2(O)[C@@H]3CC[C@H]2N(c2cc4c(cnn4-c4cnn(C5CC5)c4)cc2Cl)C3)c(C)n1. The van der Waals surface area contributed by atoms with Crippen LogP contribution in [-0.4, -0.2) is 42.2 Å². The molecule has 174 valence electrons. The van der Waals surface area contributed by atoms with Crippen LogP contribution in [0.1, 0.15) is 48.7 Å². The molecule has 1 saturated heterocycles. The first-order chi connectivity index (χ1) is 16.4. The van der Waals surface area contributed by atoms with Crippen molar-refractivity contribution in [1.82, 2.24) is 24.5 Å². The Bertz CT molecular complexity index is 1440. The second kappa shape index (κ2) is 7.06. The standard InChI is InChI=1S/C26H27ClN6O/c1-15-3-7-21(16(2)30-15)26(34)18-4-8-25(26)31(13-18)24-10-23-17(9-22(24)27)11-29-33(23)20-12-28-32(14-20)19-5-6-19/h3,7,9-12,14,18-19,25,34H,4-6,8,13H2,1-2H3/t18-,25-,26?/m1/s1. The van der Waals surface area contributed by atoms with Gasteiger partial charge >= 0.3 is 0 Å². The number of benzene rings is 1. The van der Waals surface area contributed by atoms with Crippen LogP contribution in [0.4, 0.5) is 5.69 Å². The summed E-state index contributed by atoms with van der Waals surface area (Å²) >= 11 is 6.83. The number of piperidine rings is 1. The number of aryl methyl sites for hydroxylation is 2. The highest BCUT2D eigenvalue weighted by Crippen LogP contribution is 2.54. The summed E-state index contributed by atoms with van der Waals surface area (Å²) in [6.07, 6.45) is 10.1.